The maximum absolute atomic E-state index is 12.6. The summed E-state index contributed by atoms with van der Waals surface area (Å²) in [7, 11) is 3.56. The number of fused-ring (bicyclic) bond motifs is 1. The Kier molecular flexibility index (Phi) is 4.39. The second-order valence-electron chi connectivity index (χ2n) is 5.70. The van der Waals surface area contributed by atoms with Gasteiger partial charge < -0.3 is 9.88 Å². The molecule has 0 spiro atoms. The molecule has 1 amide bonds. The minimum Gasteiger partial charge on any atom is -0.348 e. The van der Waals surface area contributed by atoms with E-state index in [-0.39, 0.29) is 11.2 Å². The van der Waals surface area contributed by atoms with Crippen LogP contribution < -0.4 is 0 Å². The van der Waals surface area contributed by atoms with Crippen molar-refractivity contribution in [3.8, 4) is 0 Å². The number of rotatable bonds is 4. The Morgan fingerprint density at radius 2 is 1.91 bits per heavy atom. The van der Waals surface area contributed by atoms with Gasteiger partial charge in [-0.1, -0.05) is 48.2 Å². The normalized spacial score (nSPS) is 12.3. The number of nitrogens with zero attached hydrogens (tertiary/aromatic N) is 2. The molecule has 1 aromatic heterocycles. The van der Waals surface area contributed by atoms with Gasteiger partial charge in [-0.05, 0) is 30.2 Å². The number of carbonyl (C=O) groups is 1. The Balaban J connectivity index is 1.95. The summed E-state index contributed by atoms with van der Waals surface area (Å²) in [6, 6.07) is 15.9. The number of carbonyl (C=O) groups excluding carboxylic acids is 1. The minimum absolute atomic E-state index is 0.0536. The van der Waals surface area contributed by atoms with Crippen LogP contribution in [-0.2, 0) is 4.79 Å². The molecule has 2 aromatic carbocycles. The number of aromatic amines is 1. The van der Waals surface area contributed by atoms with E-state index in [0.29, 0.717) is 0 Å². The Morgan fingerprint density at radius 1 is 1.17 bits per heavy atom. The standard InChI is InChI=1S/C18H19N3OS/c1-12-9-10-14-15(11-12)20-18(19-14)23-16(17(22)21(2)3)13-7-5-4-6-8-13/h4-11,16H,1-3H3,(H,19,20). The molecule has 0 bridgehead atoms. The van der Waals surface area contributed by atoms with E-state index in [4.69, 9.17) is 0 Å². The van der Waals surface area contributed by atoms with Crippen molar-refractivity contribution in [2.75, 3.05) is 14.1 Å². The molecule has 0 saturated carbocycles. The highest BCUT2D eigenvalue weighted by Gasteiger charge is 2.24. The number of nitrogens with one attached hydrogen (secondary N) is 1. The Hall–Kier alpha value is -2.27. The van der Waals surface area contributed by atoms with Crippen LogP contribution in [0, 0.1) is 6.92 Å². The lowest BCUT2D eigenvalue weighted by Crippen LogP contribution is -2.26. The highest BCUT2D eigenvalue weighted by molar-refractivity contribution is 8.00. The lowest BCUT2D eigenvalue weighted by Gasteiger charge is -2.19. The highest BCUT2D eigenvalue weighted by Crippen LogP contribution is 2.35. The van der Waals surface area contributed by atoms with Crippen molar-refractivity contribution in [2.45, 2.75) is 17.3 Å². The van der Waals surface area contributed by atoms with Crippen molar-refractivity contribution >= 4 is 28.7 Å². The van der Waals surface area contributed by atoms with Gasteiger partial charge in [-0.15, -0.1) is 0 Å². The fourth-order valence-electron chi connectivity index (χ4n) is 2.39. The van der Waals surface area contributed by atoms with Gasteiger partial charge in [0.1, 0.15) is 5.25 Å². The smallest absolute Gasteiger partial charge is 0.240 e. The molecular formula is C18H19N3OS. The van der Waals surface area contributed by atoms with Crippen molar-refractivity contribution in [3.05, 3.63) is 59.7 Å². The van der Waals surface area contributed by atoms with Gasteiger partial charge in [0.2, 0.25) is 5.91 Å². The van der Waals surface area contributed by atoms with Crippen LogP contribution in [0.2, 0.25) is 0 Å². The average molecular weight is 325 g/mol. The van der Waals surface area contributed by atoms with E-state index in [2.05, 4.69) is 23.0 Å². The van der Waals surface area contributed by atoms with E-state index in [0.717, 1.165) is 21.8 Å². The number of thioether (sulfide) groups is 1. The van der Waals surface area contributed by atoms with Gasteiger partial charge in [0.25, 0.3) is 0 Å². The summed E-state index contributed by atoms with van der Waals surface area (Å²) in [5, 5.41) is 0.447. The third-order valence-corrected chi connectivity index (χ3v) is 4.74. The van der Waals surface area contributed by atoms with Crippen molar-refractivity contribution in [1.29, 1.82) is 0 Å². The first-order valence-electron chi connectivity index (χ1n) is 7.44. The molecule has 0 radical (unpaired) electrons. The summed E-state index contributed by atoms with van der Waals surface area (Å²) in [6.45, 7) is 2.05. The zero-order valence-corrected chi connectivity index (χ0v) is 14.2. The minimum atomic E-state index is -0.312. The largest absolute Gasteiger partial charge is 0.348 e. The summed E-state index contributed by atoms with van der Waals surface area (Å²) in [4.78, 5) is 22.1. The first kappa shape index (κ1) is 15.6. The number of amides is 1. The lowest BCUT2D eigenvalue weighted by atomic mass is 10.1. The maximum atomic E-state index is 12.6. The van der Waals surface area contributed by atoms with E-state index < -0.39 is 0 Å². The number of aryl methyl sites for hydroxylation is 1. The molecule has 1 unspecified atom stereocenters. The third-order valence-electron chi connectivity index (χ3n) is 3.61. The fraction of sp³-hybridized carbons (Fsp3) is 0.222. The zero-order valence-electron chi connectivity index (χ0n) is 13.4. The van der Waals surface area contributed by atoms with Gasteiger partial charge in [-0.3, -0.25) is 4.79 Å². The van der Waals surface area contributed by atoms with Crippen LogP contribution in [0.25, 0.3) is 11.0 Å². The first-order valence-corrected chi connectivity index (χ1v) is 8.31. The predicted molar refractivity (Wildman–Crippen MR) is 94.6 cm³/mol. The maximum Gasteiger partial charge on any atom is 0.240 e. The Bertz CT molecular complexity index is 827. The number of benzene rings is 2. The molecule has 0 aliphatic carbocycles. The molecule has 4 nitrogen and oxygen atoms in total. The molecule has 3 rings (SSSR count). The molecule has 0 aliphatic heterocycles. The molecule has 23 heavy (non-hydrogen) atoms. The van der Waals surface area contributed by atoms with Crippen molar-refractivity contribution in [2.24, 2.45) is 0 Å². The van der Waals surface area contributed by atoms with Gasteiger partial charge in [-0.2, -0.15) is 0 Å². The van der Waals surface area contributed by atoms with E-state index in [1.54, 1.807) is 19.0 Å². The monoisotopic (exact) mass is 325 g/mol. The second kappa shape index (κ2) is 6.46. The lowest BCUT2D eigenvalue weighted by molar-refractivity contribution is -0.128. The summed E-state index contributed by atoms with van der Waals surface area (Å²) in [5.74, 6) is 0.0536. The van der Waals surface area contributed by atoms with Crippen LogP contribution in [-0.4, -0.2) is 34.9 Å². The molecule has 0 aliphatic rings. The number of H-pyrrole nitrogens is 1. The second-order valence-corrected chi connectivity index (χ2v) is 6.80. The van der Waals surface area contributed by atoms with Crippen LogP contribution in [0.15, 0.2) is 53.7 Å². The predicted octanol–water partition coefficient (Wildman–Crippen LogP) is 3.79. The fourth-order valence-corrected chi connectivity index (χ4v) is 3.54. The van der Waals surface area contributed by atoms with Gasteiger partial charge in [0.15, 0.2) is 5.16 Å². The zero-order chi connectivity index (χ0) is 16.4. The molecule has 0 saturated heterocycles. The van der Waals surface area contributed by atoms with Gasteiger partial charge >= 0.3 is 0 Å². The van der Waals surface area contributed by atoms with Crippen LogP contribution in [0.5, 0.6) is 0 Å². The Labute approximate surface area is 139 Å². The summed E-state index contributed by atoms with van der Waals surface area (Å²) >= 11 is 1.45. The molecule has 0 fully saturated rings. The van der Waals surface area contributed by atoms with Crippen molar-refractivity contribution in [3.63, 3.8) is 0 Å². The van der Waals surface area contributed by atoms with E-state index in [1.807, 2.05) is 42.5 Å². The third kappa shape index (κ3) is 3.40. The van der Waals surface area contributed by atoms with Crippen LogP contribution in [0.3, 0.4) is 0 Å². The SMILES string of the molecule is Cc1ccc2nc(SC(C(=O)N(C)C)c3ccccc3)[nH]c2c1. The summed E-state index contributed by atoms with van der Waals surface area (Å²) in [5.41, 5.74) is 4.08. The van der Waals surface area contributed by atoms with Crippen LogP contribution in [0.4, 0.5) is 0 Å². The molecule has 1 N–H and O–H groups in total. The molecule has 118 valence electrons. The molecule has 1 heterocycles. The number of hydrogen-bond donors (Lipinski definition) is 1. The molecule has 3 aromatic rings. The number of likely N-dealkylation sites (N-methyl/N-ethyl adjacent to an activating group) is 1. The molecule has 5 heteroatoms. The van der Waals surface area contributed by atoms with E-state index in [9.17, 15) is 4.79 Å². The Morgan fingerprint density at radius 3 is 2.61 bits per heavy atom. The molecular weight excluding hydrogens is 306 g/mol. The quantitative estimate of drug-likeness (QED) is 0.742. The van der Waals surface area contributed by atoms with Crippen molar-refractivity contribution in [1.82, 2.24) is 14.9 Å². The van der Waals surface area contributed by atoms with E-state index in [1.165, 1.54) is 17.3 Å². The van der Waals surface area contributed by atoms with Gasteiger partial charge in [0.05, 0.1) is 11.0 Å². The summed E-state index contributed by atoms with van der Waals surface area (Å²) < 4.78 is 0. The first-order chi connectivity index (χ1) is 11.0. The van der Waals surface area contributed by atoms with Crippen LogP contribution >= 0.6 is 11.8 Å². The number of aromatic nitrogens is 2. The van der Waals surface area contributed by atoms with Crippen molar-refractivity contribution < 1.29 is 4.79 Å². The van der Waals surface area contributed by atoms with Crippen LogP contribution in [0.1, 0.15) is 16.4 Å². The average Bonchev–Trinajstić information content (AvgIpc) is 2.94. The highest BCUT2D eigenvalue weighted by atomic mass is 32.2. The van der Waals surface area contributed by atoms with Gasteiger partial charge in [-0.25, -0.2) is 4.98 Å². The topological polar surface area (TPSA) is 49.0 Å². The number of imidazole rings is 1. The van der Waals surface area contributed by atoms with Gasteiger partial charge in [0, 0.05) is 14.1 Å². The number of hydrogen-bond acceptors (Lipinski definition) is 3. The van der Waals surface area contributed by atoms with E-state index >= 15 is 0 Å². The summed E-state index contributed by atoms with van der Waals surface area (Å²) in [6.07, 6.45) is 0. The molecule has 1 atom stereocenters.